The molecule has 2 aliphatic rings. The molecule has 3 unspecified atom stereocenters. The lowest BCUT2D eigenvalue weighted by atomic mass is 9.85. The second-order valence-corrected chi connectivity index (χ2v) is 8.12. The van der Waals surface area contributed by atoms with E-state index in [4.69, 9.17) is 10.5 Å². The Morgan fingerprint density at radius 3 is 2.56 bits per heavy atom. The summed E-state index contributed by atoms with van der Waals surface area (Å²) in [6, 6.07) is -0.666. The topological polar surface area (TPSA) is 126 Å². The molecule has 0 aliphatic carbocycles. The maximum absolute atomic E-state index is 12.9. The molecule has 1 saturated heterocycles. The molecule has 0 aromatic rings. The van der Waals surface area contributed by atoms with Crippen LogP contribution in [0.1, 0.15) is 40.5 Å². The maximum atomic E-state index is 12.9. The van der Waals surface area contributed by atoms with Crippen LogP contribution in [0.2, 0.25) is 0 Å². The van der Waals surface area contributed by atoms with Crippen molar-refractivity contribution in [1.29, 1.82) is 0 Å². The summed E-state index contributed by atoms with van der Waals surface area (Å²) in [6.45, 7) is 8.39. The number of carboxylic acid groups (broad SMARTS) is 1. The Bertz CT molecular complexity index is 628. The van der Waals surface area contributed by atoms with Crippen LogP contribution < -0.4 is 5.73 Å². The summed E-state index contributed by atoms with van der Waals surface area (Å²) in [5.74, 6) is -1.65. The standard InChI is InChI=1S/C18H30N4O5/c1-11(10-19)14(23)13-9-12(15(24)25)5-7-21(13)16-20-6-8-22(16)17(26)27-18(2,3)4/h11-13H,5-10,19H2,1-4H3,(H,24,25). The van der Waals surface area contributed by atoms with Crippen LogP contribution in [0.5, 0.6) is 0 Å². The Labute approximate surface area is 159 Å². The van der Waals surface area contributed by atoms with E-state index in [1.165, 1.54) is 4.90 Å². The number of aliphatic carboxylic acids is 1. The van der Waals surface area contributed by atoms with Crippen molar-refractivity contribution in [3.05, 3.63) is 0 Å². The number of aliphatic imine (C=N–C) groups is 1. The third kappa shape index (κ3) is 4.97. The van der Waals surface area contributed by atoms with Crippen molar-refractivity contribution < 1.29 is 24.2 Å². The number of hydrogen-bond acceptors (Lipinski definition) is 7. The molecule has 1 amide bonds. The van der Waals surface area contributed by atoms with E-state index in [-0.39, 0.29) is 18.7 Å². The first-order chi connectivity index (χ1) is 12.5. The minimum atomic E-state index is -0.912. The van der Waals surface area contributed by atoms with Crippen molar-refractivity contribution in [1.82, 2.24) is 9.80 Å². The van der Waals surface area contributed by atoms with Gasteiger partial charge in [0, 0.05) is 19.0 Å². The zero-order valence-electron chi connectivity index (χ0n) is 16.5. The van der Waals surface area contributed by atoms with Crippen LogP contribution in [0.25, 0.3) is 0 Å². The normalized spacial score (nSPS) is 24.4. The second-order valence-electron chi connectivity index (χ2n) is 8.12. The van der Waals surface area contributed by atoms with Crippen molar-refractivity contribution in [2.75, 3.05) is 26.2 Å². The van der Waals surface area contributed by atoms with Crippen LogP contribution in [0.3, 0.4) is 0 Å². The molecule has 0 radical (unpaired) electrons. The number of ketones is 1. The van der Waals surface area contributed by atoms with Crippen molar-refractivity contribution in [3.63, 3.8) is 0 Å². The van der Waals surface area contributed by atoms with E-state index < -0.39 is 35.5 Å². The lowest BCUT2D eigenvalue weighted by Crippen LogP contribution is -2.57. The molecule has 3 atom stereocenters. The number of nitrogens with two attached hydrogens (primary N) is 1. The van der Waals surface area contributed by atoms with Crippen molar-refractivity contribution in [2.24, 2.45) is 22.6 Å². The van der Waals surface area contributed by atoms with Gasteiger partial charge in [-0.2, -0.15) is 0 Å². The van der Waals surface area contributed by atoms with E-state index in [2.05, 4.69) is 4.99 Å². The first kappa shape index (κ1) is 21.1. The molecule has 9 nitrogen and oxygen atoms in total. The van der Waals surface area contributed by atoms with E-state index >= 15 is 0 Å². The average Bonchev–Trinajstić information content (AvgIpc) is 3.08. The number of rotatable bonds is 4. The Morgan fingerprint density at radius 1 is 1.33 bits per heavy atom. The van der Waals surface area contributed by atoms with Gasteiger partial charge in [-0.1, -0.05) is 6.92 Å². The molecule has 0 aromatic carbocycles. The highest BCUT2D eigenvalue weighted by atomic mass is 16.6. The minimum absolute atomic E-state index is 0.123. The van der Waals surface area contributed by atoms with E-state index in [9.17, 15) is 19.5 Å². The molecule has 2 rings (SSSR count). The molecule has 0 aromatic heterocycles. The highest BCUT2D eigenvalue weighted by molar-refractivity contribution is 5.99. The highest BCUT2D eigenvalue weighted by Gasteiger charge is 2.42. The van der Waals surface area contributed by atoms with Crippen LogP contribution in [-0.2, 0) is 14.3 Å². The zero-order valence-corrected chi connectivity index (χ0v) is 16.5. The average molecular weight is 382 g/mol. The molecule has 152 valence electrons. The highest BCUT2D eigenvalue weighted by Crippen LogP contribution is 2.28. The molecule has 0 saturated carbocycles. The fourth-order valence-electron chi connectivity index (χ4n) is 3.31. The van der Waals surface area contributed by atoms with Crippen LogP contribution >= 0.6 is 0 Å². The Morgan fingerprint density at radius 2 is 2.00 bits per heavy atom. The third-order valence-electron chi connectivity index (χ3n) is 4.81. The number of carbonyl (C=O) groups excluding carboxylic acids is 2. The smallest absolute Gasteiger partial charge is 0.417 e. The Kier molecular flexibility index (Phi) is 6.46. The van der Waals surface area contributed by atoms with Gasteiger partial charge in [0.2, 0.25) is 5.96 Å². The number of amides is 1. The summed E-state index contributed by atoms with van der Waals surface area (Å²) in [4.78, 5) is 44.5. The van der Waals surface area contributed by atoms with E-state index in [1.807, 2.05) is 0 Å². The Balaban J connectivity index is 2.25. The molecule has 0 bridgehead atoms. The SMILES string of the molecule is CC(CN)C(=O)C1CC(C(=O)O)CCN1C1=NCCN1C(=O)OC(C)(C)C. The predicted octanol–water partition coefficient (Wildman–Crippen LogP) is 0.922. The predicted molar refractivity (Wildman–Crippen MR) is 99.3 cm³/mol. The molecular formula is C18H30N4O5. The molecule has 2 heterocycles. The Hall–Kier alpha value is -2.16. The lowest BCUT2D eigenvalue weighted by Gasteiger charge is -2.41. The zero-order chi connectivity index (χ0) is 20.4. The summed E-state index contributed by atoms with van der Waals surface area (Å²) >= 11 is 0. The molecule has 0 spiro atoms. The summed E-state index contributed by atoms with van der Waals surface area (Å²) < 4.78 is 5.45. The number of Topliss-reactive ketones (excluding diaryl/α,β-unsaturated/α-hetero) is 1. The van der Waals surface area contributed by atoms with Gasteiger partial charge in [0.05, 0.1) is 25.0 Å². The van der Waals surface area contributed by atoms with Gasteiger partial charge in [-0.25, -0.2) is 9.69 Å². The van der Waals surface area contributed by atoms with Gasteiger partial charge in [-0.05, 0) is 33.6 Å². The maximum Gasteiger partial charge on any atom is 0.417 e. The summed E-state index contributed by atoms with van der Waals surface area (Å²) in [5.41, 5.74) is 5.00. The van der Waals surface area contributed by atoms with Crippen molar-refractivity contribution in [3.8, 4) is 0 Å². The summed E-state index contributed by atoms with van der Waals surface area (Å²) in [7, 11) is 0. The molecule has 2 aliphatic heterocycles. The van der Waals surface area contributed by atoms with Gasteiger partial charge in [0.1, 0.15) is 5.60 Å². The minimum Gasteiger partial charge on any atom is -0.481 e. The van der Waals surface area contributed by atoms with E-state index in [0.29, 0.717) is 32.0 Å². The number of nitrogens with zero attached hydrogens (tertiary/aromatic N) is 3. The largest absolute Gasteiger partial charge is 0.481 e. The van der Waals surface area contributed by atoms with E-state index in [1.54, 1.807) is 32.6 Å². The number of carboxylic acids is 1. The second kappa shape index (κ2) is 8.24. The molecule has 3 N–H and O–H groups in total. The third-order valence-corrected chi connectivity index (χ3v) is 4.81. The number of likely N-dealkylation sites (tertiary alicyclic amines) is 1. The van der Waals surface area contributed by atoms with Crippen LogP contribution in [0, 0.1) is 11.8 Å². The number of ether oxygens (including phenoxy) is 1. The quantitative estimate of drug-likeness (QED) is 0.740. The fourth-order valence-corrected chi connectivity index (χ4v) is 3.31. The molecule has 9 heteroatoms. The first-order valence-electron chi connectivity index (χ1n) is 9.33. The van der Waals surface area contributed by atoms with Gasteiger partial charge < -0.3 is 20.5 Å². The van der Waals surface area contributed by atoms with Crippen molar-refractivity contribution in [2.45, 2.75) is 52.2 Å². The first-order valence-corrected chi connectivity index (χ1v) is 9.33. The monoisotopic (exact) mass is 382 g/mol. The number of carbonyl (C=O) groups is 3. The van der Waals surface area contributed by atoms with Gasteiger partial charge in [0.25, 0.3) is 0 Å². The van der Waals surface area contributed by atoms with Gasteiger partial charge in [-0.3, -0.25) is 14.6 Å². The lowest BCUT2D eigenvalue weighted by molar-refractivity contribution is -0.144. The van der Waals surface area contributed by atoms with E-state index in [0.717, 1.165) is 0 Å². The van der Waals surface area contributed by atoms with Crippen LogP contribution in [-0.4, -0.2) is 76.5 Å². The molecule has 1 fully saturated rings. The van der Waals surface area contributed by atoms with Gasteiger partial charge >= 0.3 is 12.1 Å². The molecule has 27 heavy (non-hydrogen) atoms. The van der Waals surface area contributed by atoms with Crippen LogP contribution in [0.4, 0.5) is 4.79 Å². The number of guanidine groups is 1. The summed E-state index contributed by atoms with van der Waals surface area (Å²) in [5, 5.41) is 9.38. The fraction of sp³-hybridized carbons (Fsp3) is 0.778. The van der Waals surface area contributed by atoms with Gasteiger partial charge in [0.15, 0.2) is 5.78 Å². The van der Waals surface area contributed by atoms with Gasteiger partial charge in [-0.15, -0.1) is 0 Å². The van der Waals surface area contributed by atoms with Crippen LogP contribution in [0.15, 0.2) is 4.99 Å². The van der Waals surface area contributed by atoms with Crippen molar-refractivity contribution >= 4 is 23.8 Å². The number of piperidine rings is 1. The number of hydrogen-bond donors (Lipinski definition) is 2. The summed E-state index contributed by atoms with van der Waals surface area (Å²) in [6.07, 6.45) is 0.0500. The molecular weight excluding hydrogens is 352 g/mol.